The van der Waals surface area contributed by atoms with Crippen LogP contribution in [0.15, 0.2) is 60.7 Å². The number of hydrogen-bond donors (Lipinski definition) is 1. The minimum Gasteiger partial charge on any atom is -0.381 e. The molecule has 0 saturated carbocycles. The maximum Gasteiger partial charge on any atom is 0.231 e. The molecule has 3 nitrogen and oxygen atoms in total. The predicted octanol–water partition coefficient (Wildman–Crippen LogP) is 3.87. The highest BCUT2D eigenvalue weighted by molar-refractivity contribution is 5.88. The number of ether oxygens (including phenoxy) is 1. The van der Waals surface area contributed by atoms with Gasteiger partial charge < -0.3 is 10.1 Å². The first-order valence-corrected chi connectivity index (χ1v) is 9.19. The van der Waals surface area contributed by atoms with E-state index < -0.39 is 5.41 Å². The summed E-state index contributed by atoms with van der Waals surface area (Å²) in [6, 6.07) is 20.7. The third-order valence-electron chi connectivity index (χ3n) is 5.19. The zero-order valence-corrected chi connectivity index (χ0v) is 14.9. The molecule has 1 unspecified atom stereocenters. The molecule has 0 bridgehead atoms. The Hall–Kier alpha value is -2.13. The number of carbonyl (C=O) groups excluding carboxylic acids is 1. The normalized spacial score (nSPS) is 17.6. The molecule has 25 heavy (non-hydrogen) atoms. The number of benzene rings is 2. The second kappa shape index (κ2) is 8.30. The molecule has 0 spiro atoms. The van der Waals surface area contributed by atoms with Gasteiger partial charge in [0.1, 0.15) is 0 Å². The number of rotatable bonds is 6. The number of nitrogens with one attached hydrogen (secondary N) is 1. The second-order valence-electron chi connectivity index (χ2n) is 6.96. The summed E-state index contributed by atoms with van der Waals surface area (Å²) in [5.41, 5.74) is 1.96. The Morgan fingerprint density at radius 2 is 1.64 bits per heavy atom. The molecule has 1 fully saturated rings. The number of aryl methyl sites for hydroxylation is 1. The van der Waals surface area contributed by atoms with Crippen LogP contribution < -0.4 is 5.32 Å². The summed E-state index contributed by atoms with van der Waals surface area (Å²) in [6.07, 6.45) is 3.41. The van der Waals surface area contributed by atoms with E-state index >= 15 is 0 Å². The minimum absolute atomic E-state index is 0.141. The van der Waals surface area contributed by atoms with Crippen molar-refractivity contribution < 1.29 is 9.53 Å². The van der Waals surface area contributed by atoms with E-state index in [1.807, 2.05) is 24.3 Å². The third-order valence-corrected chi connectivity index (χ3v) is 5.19. The van der Waals surface area contributed by atoms with Crippen LogP contribution in [0.5, 0.6) is 0 Å². The summed E-state index contributed by atoms with van der Waals surface area (Å²) in [5.74, 6) is 0.141. The van der Waals surface area contributed by atoms with Crippen molar-refractivity contribution in [1.29, 1.82) is 0 Å². The highest BCUT2D eigenvalue weighted by Crippen LogP contribution is 2.35. The van der Waals surface area contributed by atoms with E-state index in [0.717, 1.165) is 31.2 Å². The Balaban J connectivity index is 1.66. The molecule has 3 rings (SSSR count). The van der Waals surface area contributed by atoms with Gasteiger partial charge in [-0.2, -0.15) is 0 Å². The van der Waals surface area contributed by atoms with Crippen LogP contribution in [0.1, 0.15) is 37.3 Å². The van der Waals surface area contributed by atoms with Crippen LogP contribution in [-0.4, -0.2) is 25.2 Å². The van der Waals surface area contributed by atoms with Crippen LogP contribution in [0.4, 0.5) is 0 Å². The molecule has 1 atom stereocenters. The Morgan fingerprint density at radius 1 is 1.04 bits per heavy atom. The number of carbonyl (C=O) groups is 1. The standard InChI is InChI=1S/C22H27NO2/c1-18(12-13-19-8-4-2-5-9-19)23-21(24)22(14-16-25-17-15-22)20-10-6-3-7-11-20/h2-11,18H,12-17H2,1H3,(H,23,24). The zero-order valence-electron chi connectivity index (χ0n) is 14.9. The van der Waals surface area contributed by atoms with E-state index in [0.29, 0.717) is 13.2 Å². The van der Waals surface area contributed by atoms with Gasteiger partial charge in [-0.15, -0.1) is 0 Å². The summed E-state index contributed by atoms with van der Waals surface area (Å²) >= 11 is 0. The van der Waals surface area contributed by atoms with Gasteiger partial charge in [0.05, 0.1) is 5.41 Å². The third kappa shape index (κ3) is 4.29. The lowest BCUT2D eigenvalue weighted by Gasteiger charge is -2.37. The first kappa shape index (κ1) is 17.7. The van der Waals surface area contributed by atoms with E-state index in [1.165, 1.54) is 5.56 Å². The van der Waals surface area contributed by atoms with Crippen LogP contribution in [0.25, 0.3) is 0 Å². The molecular weight excluding hydrogens is 310 g/mol. The van der Waals surface area contributed by atoms with Crippen molar-refractivity contribution in [2.24, 2.45) is 0 Å². The summed E-state index contributed by atoms with van der Waals surface area (Å²) in [7, 11) is 0. The first-order valence-electron chi connectivity index (χ1n) is 9.19. The summed E-state index contributed by atoms with van der Waals surface area (Å²) in [5, 5.41) is 3.26. The van der Waals surface area contributed by atoms with E-state index in [9.17, 15) is 4.79 Å². The first-order chi connectivity index (χ1) is 12.2. The summed E-state index contributed by atoms with van der Waals surface area (Å²) in [4.78, 5) is 13.2. The maximum atomic E-state index is 13.2. The van der Waals surface area contributed by atoms with Crippen LogP contribution in [0, 0.1) is 0 Å². The fourth-order valence-electron chi connectivity index (χ4n) is 3.59. The van der Waals surface area contributed by atoms with E-state index in [4.69, 9.17) is 4.74 Å². The van der Waals surface area contributed by atoms with Crippen molar-refractivity contribution in [3.63, 3.8) is 0 Å². The van der Waals surface area contributed by atoms with E-state index in [-0.39, 0.29) is 11.9 Å². The maximum absolute atomic E-state index is 13.2. The van der Waals surface area contributed by atoms with Crippen molar-refractivity contribution in [2.75, 3.05) is 13.2 Å². The van der Waals surface area contributed by atoms with Crippen LogP contribution in [0.2, 0.25) is 0 Å². The largest absolute Gasteiger partial charge is 0.381 e. The molecule has 1 heterocycles. The highest BCUT2D eigenvalue weighted by Gasteiger charge is 2.41. The predicted molar refractivity (Wildman–Crippen MR) is 101 cm³/mol. The summed E-state index contributed by atoms with van der Waals surface area (Å²) in [6.45, 7) is 3.38. The molecule has 3 heteroatoms. The lowest BCUT2D eigenvalue weighted by atomic mass is 9.73. The van der Waals surface area contributed by atoms with Crippen molar-refractivity contribution >= 4 is 5.91 Å². The van der Waals surface area contributed by atoms with Gasteiger partial charge in [-0.3, -0.25) is 4.79 Å². The van der Waals surface area contributed by atoms with Crippen LogP contribution in [-0.2, 0) is 21.4 Å². The molecule has 1 N–H and O–H groups in total. The van der Waals surface area contributed by atoms with Gasteiger partial charge in [0.2, 0.25) is 5.91 Å². The van der Waals surface area contributed by atoms with Gasteiger partial charge in [0.15, 0.2) is 0 Å². The molecular formula is C22H27NO2. The zero-order chi connectivity index (χ0) is 17.5. The van der Waals surface area contributed by atoms with Gasteiger partial charge in [0, 0.05) is 19.3 Å². The van der Waals surface area contributed by atoms with Gasteiger partial charge in [-0.05, 0) is 43.7 Å². The van der Waals surface area contributed by atoms with Gasteiger partial charge in [-0.1, -0.05) is 60.7 Å². The number of amides is 1. The molecule has 1 aliphatic rings. The molecule has 1 aliphatic heterocycles. The van der Waals surface area contributed by atoms with Crippen LogP contribution in [0.3, 0.4) is 0 Å². The van der Waals surface area contributed by atoms with Gasteiger partial charge in [-0.25, -0.2) is 0 Å². The Bertz CT molecular complexity index is 663. The second-order valence-corrected chi connectivity index (χ2v) is 6.96. The van der Waals surface area contributed by atoms with Crippen molar-refractivity contribution in [3.8, 4) is 0 Å². The molecule has 1 amide bonds. The Kier molecular flexibility index (Phi) is 5.87. The van der Waals surface area contributed by atoms with Crippen molar-refractivity contribution in [2.45, 2.75) is 44.1 Å². The van der Waals surface area contributed by atoms with Crippen molar-refractivity contribution in [1.82, 2.24) is 5.32 Å². The van der Waals surface area contributed by atoms with Crippen molar-refractivity contribution in [3.05, 3.63) is 71.8 Å². The fourth-order valence-corrected chi connectivity index (χ4v) is 3.59. The molecule has 132 valence electrons. The fraction of sp³-hybridized carbons (Fsp3) is 0.409. The smallest absolute Gasteiger partial charge is 0.231 e. The van der Waals surface area contributed by atoms with E-state index in [2.05, 4.69) is 48.6 Å². The molecule has 2 aromatic carbocycles. The topological polar surface area (TPSA) is 38.3 Å². The molecule has 0 radical (unpaired) electrons. The number of hydrogen-bond acceptors (Lipinski definition) is 2. The molecule has 2 aromatic rings. The van der Waals surface area contributed by atoms with Crippen LogP contribution >= 0.6 is 0 Å². The molecule has 1 saturated heterocycles. The Labute approximate surface area is 150 Å². The SMILES string of the molecule is CC(CCc1ccccc1)NC(=O)C1(c2ccccc2)CCOCC1. The van der Waals surface area contributed by atoms with E-state index in [1.54, 1.807) is 0 Å². The van der Waals surface area contributed by atoms with Gasteiger partial charge in [0.25, 0.3) is 0 Å². The quantitative estimate of drug-likeness (QED) is 0.869. The summed E-state index contributed by atoms with van der Waals surface area (Å²) < 4.78 is 5.53. The Morgan fingerprint density at radius 3 is 2.28 bits per heavy atom. The average Bonchev–Trinajstić information content (AvgIpc) is 2.68. The lowest BCUT2D eigenvalue weighted by molar-refractivity contribution is -0.131. The molecule has 0 aliphatic carbocycles. The van der Waals surface area contributed by atoms with Gasteiger partial charge >= 0.3 is 0 Å². The lowest BCUT2D eigenvalue weighted by Crippen LogP contribution is -2.50. The monoisotopic (exact) mass is 337 g/mol. The molecule has 0 aromatic heterocycles. The average molecular weight is 337 g/mol. The minimum atomic E-state index is -0.458. The highest BCUT2D eigenvalue weighted by atomic mass is 16.5.